The fourth-order valence-electron chi connectivity index (χ4n) is 1.61. The van der Waals surface area contributed by atoms with E-state index < -0.39 is 6.04 Å². The zero-order valence-corrected chi connectivity index (χ0v) is 10.7. The van der Waals surface area contributed by atoms with Crippen LogP contribution in [0.15, 0.2) is 23.4 Å². The maximum Gasteiger partial charge on any atom is 0.253 e. The van der Waals surface area contributed by atoms with Crippen LogP contribution in [0.5, 0.6) is 0 Å². The van der Waals surface area contributed by atoms with Gasteiger partial charge in [-0.3, -0.25) is 19.0 Å². The molecule has 6 nitrogen and oxygen atoms in total. The molecule has 1 aromatic rings. The van der Waals surface area contributed by atoms with Crippen LogP contribution in [0.4, 0.5) is 0 Å². The number of hydrogen-bond acceptors (Lipinski definition) is 4. The van der Waals surface area contributed by atoms with Crippen LogP contribution >= 0.6 is 0 Å². The van der Waals surface area contributed by atoms with Crippen LogP contribution in [0.1, 0.15) is 20.8 Å². The normalized spacial score (nSPS) is 12.2. The Kier molecular flexibility index (Phi) is 4.76. The molecule has 0 radical (unpaired) electrons. The molecule has 1 N–H and O–H groups in total. The molecule has 0 spiro atoms. The minimum absolute atomic E-state index is 0.0112. The number of rotatable bonds is 5. The van der Waals surface area contributed by atoms with Gasteiger partial charge in [-0.15, -0.1) is 0 Å². The summed E-state index contributed by atoms with van der Waals surface area (Å²) in [6, 6.07) is 0.753. The molecule has 0 bridgehead atoms. The van der Waals surface area contributed by atoms with Crippen molar-refractivity contribution in [2.75, 3.05) is 0 Å². The zero-order chi connectivity index (χ0) is 13.7. The minimum atomic E-state index is -0.523. The maximum absolute atomic E-state index is 11.7. The first-order valence-electron chi connectivity index (χ1n) is 5.72. The number of carbonyl (C=O) groups excluding carboxylic acids is 2. The van der Waals surface area contributed by atoms with Gasteiger partial charge in [-0.1, -0.05) is 13.8 Å². The van der Waals surface area contributed by atoms with Crippen LogP contribution in [-0.2, 0) is 16.1 Å². The molecule has 0 aliphatic heterocycles. The molecule has 1 heterocycles. The van der Waals surface area contributed by atoms with E-state index in [0.29, 0.717) is 0 Å². The number of nitrogens with zero attached hydrogens (tertiary/aromatic N) is 2. The lowest BCUT2D eigenvalue weighted by atomic mass is 10.0. The second kappa shape index (κ2) is 6.09. The van der Waals surface area contributed by atoms with Crippen LogP contribution < -0.4 is 10.9 Å². The summed E-state index contributed by atoms with van der Waals surface area (Å²) in [5, 5.41) is 2.62. The van der Waals surface area contributed by atoms with Gasteiger partial charge in [0.25, 0.3) is 5.56 Å². The van der Waals surface area contributed by atoms with E-state index in [1.54, 1.807) is 0 Å². The highest BCUT2D eigenvalue weighted by Crippen LogP contribution is 2.02. The predicted octanol–water partition coefficient (Wildman–Crippen LogP) is -0.0269. The third kappa shape index (κ3) is 3.80. The highest BCUT2D eigenvalue weighted by molar-refractivity contribution is 5.87. The molecule has 0 fully saturated rings. The minimum Gasteiger partial charge on any atom is -0.344 e. The van der Waals surface area contributed by atoms with Gasteiger partial charge in [0.2, 0.25) is 5.91 Å². The summed E-state index contributed by atoms with van der Waals surface area (Å²) < 4.78 is 1.19. The van der Waals surface area contributed by atoms with E-state index in [4.69, 9.17) is 0 Å². The van der Waals surface area contributed by atoms with Crippen molar-refractivity contribution in [1.29, 1.82) is 0 Å². The standard InChI is InChI=1S/C12H17N3O3/c1-8(2)12(9(3)16)14-10(17)6-15-7-13-5-4-11(15)18/h4-5,7-8,12H,6H2,1-3H3,(H,14,17). The van der Waals surface area contributed by atoms with Crippen molar-refractivity contribution in [2.45, 2.75) is 33.4 Å². The van der Waals surface area contributed by atoms with Crippen molar-refractivity contribution in [3.8, 4) is 0 Å². The Hall–Kier alpha value is -1.98. The molecule has 1 unspecified atom stereocenters. The number of ketones is 1. The van der Waals surface area contributed by atoms with Crippen LogP contribution in [-0.4, -0.2) is 27.3 Å². The molecule has 0 saturated heterocycles. The van der Waals surface area contributed by atoms with Crippen molar-refractivity contribution in [1.82, 2.24) is 14.9 Å². The maximum atomic E-state index is 11.7. The van der Waals surface area contributed by atoms with Gasteiger partial charge in [0.05, 0.1) is 12.4 Å². The number of amides is 1. The lowest BCUT2D eigenvalue weighted by Crippen LogP contribution is -2.45. The lowest BCUT2D eigenvalue weighted by molar-refractivity contribution is -0.128. The average molecular weight is 251 g/mol. The third-order valence-corrected chi connectivity index (χ3v) is 2.53. The van der Waals surface area contributed by atoms with Gasteiger partial charge in [0, 0.05) is 12.3 Å². The number of aromatic nitrogens is 2. The largest absolute Gasteiger partial charge is 0.344 e. The van der Waals surface area contributed by atoms with Crippen LogP contribution in [0.2, 0.25) is 0 Å². The highest BCUT2D eigenvalue weighted by atomic mass is 16.2. The lowest BCUT2D eigenvalue weighted by Gasteiger charge is -2.19. The molecule has 0 aromatic carbocycles. The van der Waals surface area contributed by atoms with Gasteiger partial charge in [-0.2, -0.15) is 0 Å². The molecule has 0 aliphatic rings. The van der Waals surface area contributed by atoms with Crippen LogP contribution in [0.25, 0.3) is 0 Å². The van der Waals surface area contributed by atoms with Gasteiger partial charge >= 0.3 is 0 Å². The molecule has 0 aliphatic carbocycles. The van der Waals surface area contributed by atoms with Gasteiger partial charge in [-0.25, -0.2) is 4.98 Å². The second-order valence-electron chi connectivity index (χ2n) is 4.45. The molecular weight excluding hydrogens is 234 g/mol. The topological polar surface area (TPSA) is 81.1 Å². The molecule has 1 rings (SSSR count). The summed E-state index contributed by atoms with van der Waals surface area (Å²) in [5.74, 6) is -0.465. The third-order valence-electron chi connectivity index (χ3n) is 2.53. The smallest absolute Gasteiger partial charge is 0.253 e. The number of hydrogen-bond donors (Lipinski definition) is 1. The van der Waals surface area contributed by atoms with E-state index in [-0.39, 0.29) is 29.7 Å². The first kappa shape index (κ1) is 14.1. The van der Waals surface area contributed by atoms with E-state index >= 15 is 0 Å². The molecule has 1 aromatic heterocycles. The molecule has 0 saturated carbocycles. The van der Waals surface area contributed by atoms with E-state index in [1.807, 2.05) is 13.8 Å². The first-order valence-corrected chi connectivity index (χ1v) is 5.72. The average Bonchev–Trinajstić information content (AvgIpc) is 2.28. The van der Waals surface area contributed by atoms with E-state index in [1.165, 1.54) is 30.1 Å². The van der Waals surface area contributed by atoms with Crippen LogP contribution in [0, 0.1) is 5.92 Å². The highest BCUT2D eigenvalue weighted by Gasteiger charge is 2.20. The molecule has 98 valence electrons. The van der Waals surface area contributed by atoms with Crippen LogP contribution in [0.3, 0.4) is 0 Å². The molecular formula is C12H17N3O3. The fraction of sp³-hybridized carbons (Fsp3) is 0.500. The fourth-order valence-corrected chi connectivity index (χ4v) is 1.61. The van der Waals surface area contributed by atoms with E-state index in [0.717, 1.165) is 0 Å². The van der Waals surface area contributed by atoms with Crippen molar-refractivity contribution in [3.05, 3.63) is 28.9 Å². The molecule has 1 atom stereocenters. The second-order valence-corrected chi connectivity index (χ2v) is 4.45. The summed E-state index contributed by atoms with van der Waals surface area (Å²) in [6.45, 7) is 5.00. The number of Topliss-reactive ketones (excluding diaryl/α,β-unsaturated/α-hetero) is 1. The Bertz CT molecular complexity index is 493. The first-order chi connectivity index (χ1) is 8.41. The monoisotopic (exact) mass is 251 g/mol. The Morgan fingerprint density at radius 1 is 1.44 bits per heavy atom. The number of nitrogens with one attached hydrogen (secondary N) is 1. The van der Waals surface area contributed by atoms with Crippen molar-refractivity contribution in [3.63, 3.8) is 0 Å². The molecule has 6 heteroatoms. The molecule has 1 amide bonds. The zero-order valence-electron chi connectivity index (χ0n) is 10.7. The quantitative estimate of drug-likeness (QED) is 0.797. The Morgan fingerprint density at radius 2 is 2.11 bits per heavy atom. The van der Waals surface area contributed by atoms with Gasteiger partial charge < -0.3 is 5.32 Å². The van der Waals surface area contributed by atoms with Crippen molar-refractivity contribution >= 4 is 11.7 Å². The summed E-state index contributed by atoms with van der Waals surface area (Å²) in [7, 11) is 0. The summed E-state index contributed by atoms with van der Waals surface area (Å²) in [4.78, 5) is 38.2. The Labute approximate surface area is 105 Å². The van der Waals surface area contributed by atoms with Gasteiger partial charge in [0.1, 0.15) is 6.54 Å². The molecule has 18 heavy (non-hydrogen) atoms. The van der Waals surface area contributed by atoms with Crippen molar-refractivity contribution < 1.29 is 9.59 Å². The predicted molar refractivity (Wildman–Crippen MR) is 65.9 cm³/mol. The number of carbonyl (C=O) groups is 2. The van der Waals surface area contributed by atoms with E-state index in [2.05, 4.69) is 10.3 Å². The SMILES string of the molecule is CC(=O)C(NC(=O)Cn1cnccc1=O)C(C)C. The van der Waals surface area contributed by atoms with Crippen molar-refractivity contribution in [2.24, 2.45) is 5.92 Å². The Morgan fingerprint density at radius 3 is 2.61 bits per heavy atom. The summed E-state index contributed by atoms with van der Waals surface area (Å²) >= 11 is 0. The van der Waals surface area contributed by atoms with E-state index in [9.17, 15) is 14.4 Å². The Balaban J connectivity index is 2.70. The summed E-state index contributed by atoms with van der Waals surface area (Å²) in [6.07, 6.45) is 2.66. The summed E-state index contributed by atoms with van der Waals surface area (Å²) in [5.41, 5.74) is -0.302. The van der Waals surface area contributed by atoms with Gasteiger partial charge in [0.15, 0.2) is 5.78 Å². The van der Waals surface area contributed by atoms with Gasteiger partial charge in [-0.05, 0) is 12.8 Å².